The lowest BCUT2D eigenvalue weighted by Crippen LogP contribution is -2.26. The van der Waals surface area contributed by atoms with Crippen molar-refractivity contribution in [3.05, 3.63) is 60.1 Å². The second kappa shape index (κ2) is 7.00. The molecule has 100 valence electrons. The molecule has 4 heteroatoms. The zero-order chi connectivity index (χ0) is 13.5. The minimum absolute atomic E-state index is 0.00322. The lowest BCUT2D eigenvalue weighted by atomic mass is 9.93. The van der Waals surface area contributed by atoms with Gasteiger partial charge < -0.3 is 9.73 Å². The van der Waals surface area contributed by atoms with Gasteiger partial charge in [0.15, 0.2) is 0 Å². The standard InChI is InChI=1S/C15H16ClNO2/c16-11-15(18)17-9-8-13(14-7-4-10-19-14)12-5-2-1-3-6-12/h1-7,10,13H,8-9,11H2,(H,17,18). The first kappa shape index (κ1) is 13.7. The topological polar surface area (TPSA) is 42.2 Å². The molecule has 0 aliphatic carbocycles. The van der Waals surface area contributed by atoms with Crippen LogP contribution in [0.5, 0.6) is 0 Å². The van der Waals surface area contributed by atoms with Gasteiger partial charge in [0.2, 0.25) is 5.91 Å². The van der Waals surface area contributed by atoms with E-state index < -0.39 is 0 Å². The van der Waals surface area contributed by atoms with Crippen molar-refractivity contribution >= 4 is 17.5 Å². The van der Waals surface area contributed by atoms with Gasteiger partial charge in [-0.05, 0) is 24.1 Å². The second-order valence-corrected chi connectivity index (χ2v) is 4.52. The Morgan fingerprint density at radius 2 is 2.00 bits per heavy atom. The lowest BCUT2D eigenvalue weighted by Gasteiger charge is -2.15. The van der Waals surface area contributed by atoms with Crippen LogP contribution in [-0.2, 0) is 4.79 Å². The zero-order valence-corrected chi connectivity index (χ0v) is 11.3. The van der Waals surface area contributed by atoms with Crippen molar-refractivity contribution in [1.29, 1.82) is 0 Å². The summed E-state index contributed by atoms with van der Waals surface area (Å²) in [6, 6.07) is 14.0. The number of carbonyl (C=O) groups is 1. The minimum atomic E-state index is -0.145. The van der Waals surface area contributed by atoms with Crippen LogP contribution in [0.1, 0.15) is 23.7 Å². The molecule has 1 aromatic carbocycles. The third kappa shape index (κ3) is 3.86. The van der Waals surface area contributed by atoms with E-state index in [-0.39, 0.29) is 17.7 Å². The molecule has 0 saturated carbocycles. The quantitative estimate of drug-likeness (QED) is 0.824. The van der Waals surface area contributed by atoms with Gasteiger partial charge >= 0.3 is 0 Å². The summed E-state index contributed by atoms with van der Waals surface area (Å²) in [7, 11) is 0. The number of alkyl halides is 1. The number of hydrogen-bond donors (Lipinski definition) is 1. The Morgan fingerprint density at radius 3 is 2.63 bits per heavy atom. The van der Waals surface area contributed by atoms with E-state index in [1.807, 2.05) is 30.3 Å². The van der Waals surface area contributed by atoms with E-state index in [1.54, 1.807) is 6.26 Å². The first-order valence-corrected chi connectivity index (χ1v) is 6.75. The van der Waals surface area contributed by atoms with Gasteiger partial charge in [-0.1, -0.05) is 30.3 Å². The van der Waals surface area contributed by atoms with Crippen LogP contribution in [-0.4, -0.2) is 18.3 Å². The molecule has 1 N–H and O–H groups in total. The van der Waals surface area contributed by atoms with E-state index in [9.17, 15) is 4.79 Å². The van der Waals surface area contributed by atoms with E-state index >= 15 is 0 Å². The largest absolute Gasteiger partial charge is 0.469 e. The first-order valence-electron chi connectivity index (χ1n) is 6.22. The van der Waals surface area contributed by atoms with Gasteiger partial charge in [-0.15, -0.1) is 11.6 Å². The monoisotopic (exact) mass is 277 g/mol. The fourth-order valence-electron chi connectivity index (χ4n) is 2.05. The van der Waals surface area contributed by atoms with Crippen LogP contribution >= 0.6 is 11.6 Å². The first-order chi connectivity index (χ1) is 9.31. The van der Waals surface area contributed by atoms with Crippen molar-refractivity contribution in [1.82, 2.24) is 5.32 Å². The van der Waals surface area contributed by atoms with Crippen LogP contribution in [0.3, 0.4) is 0 Å². The van der Waals surface area contributed by atoms with Crippen LogP contribution in [0.2, 0.25) is 0 Å². The van der Waals surface area contributed by atoms with Crippen molar-refractivity contribution < 1.29 is 9.21 Å². The van der Waals surface area contributed by atoms with Gasteiger partial charge in [0.05, 0.1) is 6.26 Å². The number of rotatable bonds is 6. The molecule has 0 saturated heterocycles. The van der Waals surface area contributed by atoms with E-state index in [0.717, 1.165) is 12.2 Å². The second-order valence-electron chi connectivity index (χ2n) is 4.25. The third-order valence-electron chi connectivity index (χ3n) is 2.97. The van der Waals surface area contributed by atoms with Crippen LogP contribution in [0.15, 0.2) is 53.1 Å². The molecule has 1 unspecified atom stereocenters. The molecule has 1 atom stereocenters. The predicted octanol–water partition coefficient (Wildman–Crippen LogP) is 3.16. The van der Waals surface area contributed by atoms with E-state index in [0.29, 0.717) is 6.54 Å². The highest BCUT2D eigenvalue weighted by Gasteiger charge is 2.16. The van der Waals surface area contributed by atoms with Gasteiger partial charge in [-0.3, -0.25) is 4.79 Å². The summed E-state index contributed by atoms with van der Waals surface area (Å²) in [6.07, 6.45) is 2.45. The average molecular weight is 278 g/mol. The van der Waals surface area contributed by atoms with Gasteiger partial charge in [0, 0.05) is 12.5 Å². The summed E-state index contributed by atoms with van der Waals surface area (Å²) >= 11 is 5.45. The Bertz CT molecular complexity index is 496. The number of benzene rings is 1. The van der Waals surface area contributed by atoms with Crippen molar-refractivity contribution in [3.8, 4) is 0 Å². The fraction of sp³-hybridized carbons (Fsp3) is 0.267. The minimum Gasteiger partial charge on any atom is -0.469 e. The number of halogens is 1. The molecule has 0 radical (unpaired) electrons. The zero-order valence-electron chi connectivity index (χ0n) is 10.5. The summed E-state index contributed by atoms with van der Waals surface area (Å²) in [5, 5.41) is 2.78. The molecule has 1 aromatic heterocycles. The Kier molecular flexibility index (Phi) is 5.04. The maximum atomic E-state index is 11.1. The smallest absolute Gasteiger partial charge is 0.234 e. The normalized spacial score (nSPS) is 12.1. The Morgan fingerprint density at radius 1 is 1.21 bits per heavy atom. The molecular formula is C15H16ClNO2. The highest BCUT2D eigenvalue weighted by atomic mass is 35.5. The number of hydrogen-bond acceptors (Lipinski definition) is 2. The Hall–Kier alpha value is -1.74. The molecule has 0 fully saturated rings. The SMILES string of the molecule is O=C(CCl)NCCC(c1ccccc1)c1ccco1. The van der Waals surface area contributed by atoms with Crippen molar-refractivity contribution in [3.63, 3.8) is 0 Å². The Labute approximate surface area is 117 Å². The van der Waals surface area contributed by atoms with Crippen LogP contribution in [0, 0.1) is 0 Å². The number of carbonyl (C=O) groups excluding carboxylic acids is 1. The van der Waals surface area contributed by atoms with Gasteiger partial charge in [-0.2, -0.15) is 0 Å². The number of amides is 1. The maximum Gasteiger partial charge on any atom is 0.234 e. The summed E-state index contributed by atoms with van der Waals surface area (Å²) in [4.78, 5) is 11.1. The van der Waals surface area contributed by atoms with Crippen LogP contribution < -0.4 is 5.32 Å². The van der Waals surface area contributed by atoms with Crippen molar-refractivity contribution in [2.24, 2.45) is 0 Å². The van der Waals surface area contributed by atoms with E-state index in [2.05, 4.69) is 17.4 Å². The molecule has 0 aliphatic rings. The highest BCUT2D eigenvalue weighted by Crippen LogP contribution is 2.27. The van der Waals surface area contributed by atoms with Gasteiger partial charge in [0.1, 0.15) is 11.6 Å². The summed E-state index contributed by atoms with van der Waals surface area (Å²) in [5.74, 6) is 0.905. The molecule has 0 spiro atoms. The fourth-order valence-corrected chi connectivity index (χ4v) is 2.15. The molecule has 0 aliphatic heterocycles. The molecule has 1 amide bonds. The third-order valence-corrected chi connectivity index (χ3v) is 3.21. The molecule has 2 aromatic rings. The molecule has 1 heterocycles. The maximum absolute atomic E-state index is 11.1. The van der Waals surface area contributed by atoms with Crippen molar-refractivity contribution in [2.45, 2.75) is 12.3 Å². The molecule has 3 nitrogen and oxygen atoms in total. The average Bonchev–Trinajstić information content (AvgIpc) is 2.98. The molecular weight excluding hydrogens is 262 g/mol. The summed E-state index contributed by atoms with van der Waals surface area (Å²) in [5.41, 5.74) is 1.18. The van der Waals surface area contributed by atoms with E-state index in [1.165, 1.54) is 5.56 Å². The van der Waals surface area contributed by atoms with Crippen LogP contribution in [0.4, 0.5) is 0 Å². The highest BCUT2D eigenvalue weighted by molar-refractivity contribution is 6.27. The number of furan rings is 1. The van der Waals surface area contributed by atoms with E-state index in [4.69, 9.17) is 16.0 Å². The predicted molar refractivity (Wildman–Crippen MR) is 75.3 cm³/mol. The molecule has 2 rings (SSSR count). The van der Waals surface area contributed by atoms with Gasteiger partial charge in [-0.25, -0.2) is 0 Å². The van der Waals surface area contributed by atoms with Gasteiger partial charge in [0.25, 0.3) is 0 Å². The lowest BCUT2D eigenvalue weighted by molar-refractivity contribution is -0.118. The molecule has 19 heavy (non-hydrogen) atoms. The summed E-state index contributed by atoms with van der Waals surface area (Å²) in [6.45, 7) is 0.575. The summed E-state index contributed by atoms with van der Waals surface area (Å²) < 4.78 is 5.50. The Balaban J connectivity index is 2.06. The van der Waals surface area contributed by atoms with Crippen LogP contribution in [0.25, 0.3) is 0 Å². The number of nitrogens with one attached hydrogen (secondary N) is 1. The molecule has 0 bridgehead atoms. The van der Waals surface area contributed by atoms with Crippen molar-refractivity contribution in [2.75, 3.05) is 12.4 Å².